The fourth-order valence-corrected chi connectivity index (χ4v) is 1.92. The van der Waals surface area contributed by atoms with E-state index in [1.54, 1.807) is 18.2 Å². The van der Waals surface area contributed by atoms with Crippen LogP contribution in [0.5, 0.6) is 0 Å². The molecule has 0 aliphatic heterocycles. The van der Waals surface area contributed by atoms with Crippen molar-refractivity contribution in [2.24, 2.45) is 5.92 Å². The minimum Gasteiger partial charge on any atom is -0.398 e. The van der Waals surface area contributed by atoms with Crippen molar-refractivity contribution in [2.45, 2.75) is 19.9 Å². The summed E-state index contributed by atoms with van der Waals surface area (Å²) in [4.78, 5) is 14.2. The standard InChI is InChI=1S/C14H22ClN3O/c1-9(2)13(8-18(3)4)17-14(19)10-5-6-12(16)11(15)7-10/h5-7,9,13H,8,16H2,1-4H3,(H,17,19). The summed E-state index contributed by atoms with van der Waals surface area (Å²) in [7, 11) is 3.98. The first-order valence-corrected chi connectivity index (χ1v) is 6.69. The number of hydrogen-bond acceptors (Lipinski definition) is 3. The summed E-state index contributed by atoms with van der Waals surface area (Å²) in [6.45, 7) is 4.97. The minimum atomic E-state index is -0.123. The number of nitrogens with one attached hydrogen (secondary N) is 1. The Labute approximate surface area is 119 Å². The van der Waals surface area contributed by atoms with Crippen LogP contribution in [0.2, 0.25) is 5.02 Å². The van der Waals surface area contributed by atoms with Crippen LogP contribution in [-0.2, 0) is 0 Å². The molecule has 0 fully saturated rings. The summed E-state index contributed by atoms with van der Waals surface area (Å²) in [6, 6.07) is 5.02. The molecule has 1 rings (SSSR count). The van der Waals surface area contributed by atoms with E-state index in [9.17, 15) is 4.79 Å². The van der Waals surface area contributed by atoms with Crippen LogP contribution < -0.4 is 11.1 Å². The lowest BCUT2D eigenvalue weighted by molar-refractivity contribution is 0.0916. The van der Waals surface area contributed by atoms with Crippen LogP contribution in [0.3, 0.4) is 0 Å². The molecule has 0 saturated heterocycles. The Morgan fingerprint density at radius 1 is 1.42 bits per heavy atom. The largest absolute Gasteiger partial charge is 0.398 e. The third-order valence-electron chi connectivity index (χ3n) is 2.95. The van der Waals surface area contributed by atoms with E-state index in [1.807, 2.05) is 14.1 Å². The van der Waals surface area contributed by atoms with Crippen molar-refractivity contribution in [1.29, 1.82) is 0 Å². The maximum absolute atomic E-state index is 12.2. The molecule has 0 aromatic heterocycles. The normalized spacial score (nSPS) is 12.8. The van der Waals surface area contributed by atoms with Crippen molar-refractivity contribution in [3.8, 4) is 0 Å². The second-order valence-electron chi connectivity index (χ2n) is 5.32. The number of carbonyl (C=O) groups is 1. The molecular weight excluding hydrogens is 262 g/mol. The number of halogens is 1. The number of benzene rings is 1. The van der Waals surface area contributed by atoms with Gasteiger partial charge < -0.3 is 16.0 Å². The van der Waals surface area contributed by atoms with E-state index < -0.39 is 0 Å². The highest BCUT2D eigenvalue weighted by Gasteiger charge is 2.18. The molecular formula is C14H22ClN3O. The molecule has 1 aromatic rings. The van der Waals surface area contributed by atoms with Gasteiger partial charge in [0.05, 0.1) is 10.7 Å². The van der Waals surface area contributed by atoms with Crippen LogP contribution in [-0.4, -0.2) is 37.5 Å². The van der Waals surface area contributed by atoms with Crippen LogP contribution in [0, 0.1) is 5.92 Å². The monoisotopic (exact) mass is 283 g/mol. The van der Waals surface area contributed by atoms with Crippen molar-refractivity contribution in [3.05, 3.63) is 28.8 Å². The van der Waals surface area contributed by atoms with Gasteiger partial charge in [-0.15, -0.1) is 0 Å². The summed E-state index contributed by atoms with van der Waals surface area (Å²) in [6.07, 6.45) is 0. The fraction of sp³-hybridized carbons (Fsp3) is 0.500. The van der Waals surface area contributed by atoms with E-state index in [0.717, 1.165) is 6.54 Å². The Morgan fingerprint density at radius 3 is 2.53 bits per heavy atom. The van der Waals surface area contributed by atoms with Gasteiger partial charge in [-0.3, -0.25) is 4.79 Å². The van der Waals surface area contributed by atoms with Crippen LogP contribution in [0.15, 0.2) is 18.2 Å². The van der Waals surface area contributed by atoms with Gasteiger partial charge in [0, 0.05) is 18.2 Å². The molecule has 0 heterocycles. The Bertz CT molecular complexity index is 446. The third-order valence-corrected chi connectivity index (χ3v) is 3.27. The van der Waals surface area contributed by atoms with Gasteiger partial charge in [-0.05, 0) is 38.2 Å². The van der Waals surface area contributed by atoms with Crippen LogP contribution in [0.25, 0.3) is 0 Å². The fourth-order valence-electron chi connectivity index (χ4n) is 1.74. The van der Waals surface area contributed by atoms with Crippen LogP contribution >= 0.6 is 11.6 Å². The summed E-state index contributed by atoms with van der Waals surface area (Å²) >= 11 is 5.93. The Balaban J connectivity index is 2.78. The molecule has 5 heteroatoms. The first-order chi connectivity index (χ1) is 8.81. The van der Waals surface area contributed by atoms with E-state index in [-0.39, 0.29) is 11.9 Å². The number of carbonyl (C=O) groups excluding carboxylic acids is 1. The van der Waals surface area contributed by atoms with E-state index in [1.165, 1.54) is 0 Å². The molecule has 0 aliphatic carbocycles. The highest BCUT2D eigenvalue weighted by atomic mass is 35.5. The van der Waals surface area contributed by atoms with Crippen molar-refractivity contribution in [3.63, 3.8) is 0 Å². The molecule has 0 aliphatic rings. The number of rotatable bonds is 5. The second kappa shape index (κ2) is 6.78. The Morgan fingerprint density at radius 2 is 2.05 bits per heavy atom. The number of anilines is 1. The van der Waals surface area contributed by atoms with Gasteiger partial charge in [0.1, 0.15) is 0 Å². The van der Waals surface area contributed by atoms with E-state index in [2.05, 4.69) is 24.1 Å². The predicted octanol–water partition coefficient (Wildman–Crippen LogP) is 2.24. The summed E-state index contributed by atoms with van der Waals surface area (Å²) in [5.41, 5.74) is 6.64. The molecule has 0 saturated carbocycles. The van der Waals surface area contributed by atoms with Crippen LogP contribution in [0.4, 0.5) is 5.69 Å². The van der Waals surface area contributed by atoms with Gasteiger partial charge in [-0.2, -0.15) is 0 Å². The third kappa shape index (κ3) is 4.73. The zero-order valence-electron chi connectivity index (χ0n) is 11.9. The maximum Gasteiger partial charge on any atom is 0.251 e. The number of nitrogen functional groups attached to an aromatic ring is 1. The summed E-state index contributed by atoms with van der Waals surface area (Å²) in [5, 5.41) is 3.43. The lowest BCUT2D eigenvalue weighted by Crippen LogP contribution is -2.45. The smallest absolute Gasteiger partial charge is 0.251 e. The highest BCUT2D eigenvalue weighted by molar-refractivity contribution is 6.33. The van der Waals surface area contributed by atoms with E-state index in [4.69, 9.17) is 17.3 Å². The predicted molar refractivity (Wildman–Crippen MR) is 80.5 cm³/mol. The summed E-state index contributed by atoms with van der Waals surface area (Å²) < 4.78 is 0. The molecule has 0 radical (unpaired) electrons. The molecule has 1 aromatic carbocycles. The molecule has 19 heavy (non-hydrogen) atoms. The molecule has 1 atom stereocenters. The van der Waals surface area contributed by atoms with Crippen molar-refractivity contribution >= 4 is 23.2 Å². The van der Waals surface area contributed by atoms with Gasteiger partial charge in [0.2, 0.25) is 0 Å². The molecule has 0 bridgehead atoms. The van der Waals surface area contributed by atoms with Crippen molar-refractivity contribution in [1.82, 2.24) is 10.2 Å². The number of hydrogen-bond donors (Lipinski definition) is 2. The lowest BCUT2D eigenvalue weighted by atomic mass is 10.0. The number of nitrogens with two attached hydrogens (primary N) is 1. The molecule has 3 N–H and O–H groups in total. The SMILES string of the molecule is CC(C)C(CN(C)C)NC(=O)c1ccc(N)c(Cl)c1. The molecule has 4 nitrogen and oxygen atoms in total. The zero-order valence-corrected chi connectivity index (χ0v) is 12.7. The number of amides is 1. The average Bonchev–Trinajstić information content (AvgIpc) is 2.31. The Hall–Kier alpha value is -1.26. The quantitative estimate of drug-likeness (QED) is 0.815. The Kier molecular flexibility index (Phi) is 5.63. The van der Waals surface area contributed by atoms with Gasteiger partial charge in [0.25, 0.3) is 5.91 Å². The van der Waals surface area contributed by atoms with Gasteiger partial charge >= 0.3 is 0 Å². The summed E-state index contributed by atoms with van der Waals surface area (Å²) in [5.74, 6) is 0.234. The molecule has 1 unspecified atom stereocenters. The van der Waals surface area contributed by atoms with E-state index >= 15 is 0 Å². The number of likely N-dealkylation sites (N-methyl/N-ethyl adjacent to an activating group) is 1. The second-order valence-corrected chi connectivity index (χ2v) is 5.73. The molecule has 1 amide bonds. The highest BCUT2D eigenvalue weighted by Crippen LogP contribution is 2.19. The topological polar surface area (TPSA) is 58.4 Å². The van der Waals surface area contributed by atoms with Crippen molar-refractivity contribution in [2.75, 3.05) is 26.4 Å². The lowest BCUT2D eigenvalue weighted by Gasteiger charge is -2.25. The maximum atomic E-state index is 12.2. The molecule has 106 valence electrons. The van der Waals surface area contributed by atoms with Crippen LogP contribution in [0.1, 0.15) is 24.2 Å². The average molecular weight is 284 g/mol. The first kappa shape index (κ1) is 15.8. The van der Waals surface area contributed by atoms with Gasteiger partial charge in [-0.25, -0.2) is 0 Å². The van der Waals surface area contributed by atoms with Gasteiger partial charge in [0.15, 0.2) is 0 Å². The van der Waals surface area contributed by atoms with Gasteiger partial charge in [-0.1, -0.05) is 25.4 Å². The minimum absolute atomic E-state index is 0.0961. The first-order valence-electron chi connectivity index (χ1n) is 6.32. The van der Waals surface area contributed by atoms with Crippen molar-refractivity contribution < 1.29 is 4.79 Å². The molecule has 0 spiro atoms. The number of nitrogens with zero attached hydrogens (tertiary/aromatic N) is 1. The van der Waals surface area contributed by atoms with E-state index in [0.29, 0.717) is 22.2 Å². The zero-order chi connectivity index (χ0) is 14.6.